The number of carbonyl (C=O) groups is 1. The van der Waals surface area contributed by atoms with Gasteiger partial charge in [-0.25, -0.2) is 0 Å². The van der Waals surface area contributed by atoms with Crippen molar-refractivity contribution in [1.82, 2.24) is 10.6 Å². The molecule has 0 heterocycles. The van der Waals surface area contributed by atoms with Crippen LogP contribution in [0.4, 0.5) is 0 Å². The van der Waals surface area contributed by atoms with Crippen LogP contribution < -0.4 is 10.6 Å². The van der Waals surface area contributed by atoms with E-state index in [0.29, 0.717) is 13.1 Å². The molecule has 1 atom stereocenters. The summed E-state index contributed by atoms with van der Waals surface area (Å²) in [6.45, 7) is 2.84. The summed E-state index contributed by atoms with van der Waals surface area (Å²) in [5.74, 6) is 2.32. The molecule has 3 nitrogen and oxygen atoms in total. The number of nitrogens with one attached hydrogen (secondary N) is 2. The van der Waals surface area contributed by atoms with Crippen molar-refractivity contribution in [2.75, 3.05) is 20.1 Å². The van der Waals surface area contributed by atoms with Crippen molar-refractivity contribution in [3.63, 3.8) is 0 Å². The van der Waals surface area contributed by atoms with Crippen molar-refractivity contribution in [2.45, 2.75) is 6.92 Å². The van der Waals surface area contributed by atoms with E-state index in [1.54, 1.807) is 0 Å². The SMILES string of the molecule is C#CCNC(=O)C(C)CNC. The van der Waals surface area contributed by atoms with Crippen LogP contribution in [0.3, 0.4) is 0 Å². The Kier molecular flexibility index (Phi) is 5.22. The number of hydrogen-bond donors (Lipinski definition) is 2. The summed E-state index contributed by atoms with van der Waals surface area (Å²) in [6, 6.07) is 0. The fraction of sp³-hybridized carbons (Fsp3) is 0.625. The Balaban J connectivity index is 3.57. The van der Waals surface area contributed by atoms with Gasteiger partial charge in [0.2, 0.25) is 5.91 Å². The molecular weight excluding hydrogens is 140 g/mol. The van der Waals surface area contributed by atoms with E-state index in [0.717, 1.165) is 0 Å². The molecule has 2 N–H and O–H groups in total. The minimum atomic E-state index is -0.0200. The summed E-state index contributed by atoms with van der Waals surface area (Å²) in [5, 5.41) is 5.51. The van der Waals surface area contributed by atoms with Crippen LogP contribution in [0.15, 0.2) is 0 Å². The van der Waals surface area contributed by atoms with Crippen molar-refractivity contribution in [3.8, 4) is 12.3 Å². The summed E-state index contributed by atoms with van der Waals surface area (Å²) in [4.78, 5) is 11.0. The Morgan fingerprint density at radius 1 is 1.73 bits per heavy atom. The second-order valence-corrected chi connectivity index (χ2v) is 2.38. The molecule has 0 aromatic carbocycles. The maximum Gasteiger partial charge on any atom is 0.224 e. The van der Waals surface area contributed by atoms with E-state index >= 15 is 0 Å². The van der Waals surface area contributed by atoms with E-state index in [1.807, 2.05) is 14.0 Å². The lowest BCUT2D eigenvalue weighted by atomic mass is 10.1. The normalized spacial score (nSPS) is 11.7. The number of rotatable bonds is 4. The third kappa shape index (κ3) is 4.40. The van der Waals surface area contributed by atoms with Gasteiger partial charge in [0.1, 0.15) is 0 Å². The first kappa shape index (κ1) is 9.99. The highest BCUT2D eigenvalue weighted by atomic mass is 16.1. The molecule has 0 aliphatic carbocycles. The third-order valence-electron chi connectivity index (χ3n) is 1.32. The lowest BCUT2D eigenvalue weighted by Crippen LogP contribution is -2.34. The minimum absolute atomic E-state index is 0.00250. The van der Waals surface area contributed by atoms with Crippen LogP contribution in [0.2, 0.25) is 0 Å². The first-order valence-electron chi connectivity index (χ1n) is 3.58. The highest BCUT2D eigenvalue weighted by Gasteiger charge is 2.09. The lowest BCUT2D eigenvalue weighted by Gasteiger charge is -2.08. The van der Waals surface area contributed by atoms with E-state index in [1.165, 1.54) is 0 Å². The molecule has 0 aromatic rings. The van der Waals surface area contributed by atoms with Crippen molar-refractivity contribution in [2.24, 2.45) is 5.92 Å². The summed E-state index contributed by atoms with van der Waals surface area (Å²) < 4.78 is 0. The highest BCUT2D eigenvalue weighted by molar-refractivity contribution is 5.78. The number of amides is 1. The molecule has 0 aliphatic rings. The minimum Gasteiger partial charge on any atom is -0.345 e. The second kappa shape index (κ2) is 5.75. The molecule has 0 fully saturated rings. The summed E-state index contributed by atoms with van der Waals surface area (Å²) >= 11 is 0. The van der Waals surface area contributed by atoms with Gasteiger partial charge >= 0.3 is 0 Å². The Morgan fingerprint density at radius 2 is 2.36 bits per heavy atom. The van der Waals surface area contributed by atoms with Crippen LogP contribution in [-0.4, -0.2) is 26.0 Å². The van der Waals surface area contributed by atoms with E-state index in [9.17, 15) is 4.79 Å². The average Bonchev–Trinajstić information content (AvgIpc) is 2.00. The predicted octanol–water partition coefficient (Wildman–Crippen LogP) is -0.409. The Hall–Kier alpha value is -1.01. The molecule has 62 valence electrons. The van der Waals surface area contributed by atoms with Gasteiger partial charge in [-0.3, -0.25) is 4.79 Å². The van der Waals surface area contributed by atoms with Gasteiger partial charge in [0.15, 0.2) is 0 Å². The van der Waals surface area contributed by atoms with Crippen molar-refractivity contribution < 1.29 is 4.79 Å². The molecule has 1 amide bonds. The van der Waals surface area contributed by atoms with Crippen LogP contribution in [0.5, 0.6) is 0 Å². The number of hydrogen-bond acceptors (Lipinski definition) is 2. The molecule has 0 bridgehead atoms. The maximum atomic E-state index is 11.0. The summed E-state index contributed by atoms with van der Waals surface area (Å²) in [6.07, 6.45) is 4.97. The number of carbonyl (C=O) groups excluding carboxylic acids is 1. The van der Waals surface area contributed by atoms with Crippen molar-refractivity contribution in [3.05, 3.63) is 0 Å². The topological polar surface area (TPSA) is 41.1 Å². The van der Waals surface area contributed by atoms with Gasteiger partial charge in [0.05, 0.1) is 6.54 Å². The van der Waals surface area contributed by atoms with Gasteiger partial charge in [-0.2, -0.15) is 0 Å². The van der Waals surface area contributed by atoms with Crippen molar-refractivity contribution in [1.29, 1.82) is 0 Å². The Labute approximate surface area is 67.6 Å². The molecule has 0 saturated heterocycles. The molecule has 3 heteroatoms. The average molecular weight is 154 g/mol. The van der Waals surface area contributed by atoms with E-state index in [-0.39, 0.29) is 11.8 Å². The monoisotopic (exact) mass is 154 g/mol. The fourth-order valence-corrected chi connectivity index (χ4v) is 0.711. The van der Waals surface area contributed by atoms with Crippen LogP contribution >= 0.6 is 0 Å². The summed E-state index contributed by atoms with van der Waals surface area (Å²) in [5.41, 5.74) is 0. The van der Waals surface area contributed by atoms with Gasteiger partial charge < -0.3 is 10.6 Å². The third-order valence-corrected chi connectivity index (χ3v) is 1.32. The molecule has 0 radical (unpaired) electrons. The molecular formula is C8H14N2O. The van der Waals surface area contributed by atoms with Gasteiger partial charge in [-0.1, -0.05) is 12.8 Å². The van der Waals surface area contributed by atoms with Crippen molar-refractivity contribution >= 4 is 5.91 Å². The quantitative estimate of drug-likeness (QED) is 0.540. The zero-order valence-electron chi connectivity index (χ0n) is 6.98. The Bertz CT molecular complexity index is 160. The van der Waals surface area contributed by atoms with E-state index in [2.05, 4.69) is 16.6 Å². The standard InChI is InChI=1S/C8H14N2O/c1-4-5-10-8(11)7(2)6-9-3/h1,7,9H,5-6H2,2-3H3,(H,10,11). The molecule has 1 unspecified atom stereocenters. The molecule has 11 heavy (non-hydrogen) atoms. The van der Waals surface area contributed by atoms with Gasteiger partial charge in [0, 0.05) is 12.5 Å². The molecule has 0 rings (SSSR count). The molecule has 0 saturated carbocycles. The largest absolute Gasteiger partial charge is 0.345 e. The van der Waals surface area contributed by atoms with Crippen LogP contribution in [-0.2, 0) is 4.79 Å². The predicted molar refractivity (Wildman–Crippen MR) is 44.9 cm³/mol. The van der Waals surface area contributed by atoms with Gasteiger partial charge in [-0.15, -0.1) is 6.42 Å². The van der Waals surface area contributed by atoms with E-state index < -0.39 is 0 Å². The first-order chi connectivity index (χ1) is 5.22. The Morgan fingerprint density at radius 3 is 2.82 bits per heavy atom. The molecule has 0 spiro atoms. The van der Waals surface area contributed by atoms with E-state index in [4.69, 9.17) is 6.42 Å². The molecule has 0 aliphatic heterocycles. The zero-order valence-corrected chi connectivity index (χ0v) is 6.98. The van der Waals surface area contributed by atoms with Crippen LogP contribution in [0.1, 0.15) is 6.92 Å². The fourth-order valence-electron chi connectivity index (χ4n) is 0.711. The first-order valence-corrected chi connectivity index (χ1v) is 3.58. The zero-order chi connectivity index (χ0) is 8.69. The number of terminal acetylenes is 1. The van der Waals surface area contributed by atoms with Crippen LogP contribution in [0.25, 0.3) is 0 Å². The lowest BCUT2D eigenvalue weighted by molar-refractivity contribution is -0.124. The smallest absolute Gasteiger partial charge is 0.224 e. The van der Waals surface area contributed by atoms with Crippen LogP contribution in [0, 0.1) is 18.3 Å². The van der Waals surface area contributed by atoms with Gasteiger partial charge in [-0.05, 0) is 7.05 Å². The second-order valence-electron chi connectivity index (χ2n) is 2.38. The summed E-state index contributed by atoms with van der Waals surface area (Å²) in [7, 11) is 1.81. The molecule has 0 aromatic heterocycles. The van der Waals surface area contributed by atoms with Gasteiger partial charge in [0.25, 0.3) is 0 Å². The highest BCUT2D eigenvalue weighted by Crippen LogP contribution is 1.90. The maximum absolute atomic E-state index is 11.0.